The number of thioether (sulfide) groups is 1. The van der Waals surface area contributed by atoms with Crippen LogP contribution in [0.2, 0.25) is 0 Å². The third kappa shape index (κ3) is 4.62. The summed E-state index contributed by atoms with van der Waals surface area (Å²) >= 11 is 3.20. The molecule has 0 amide bonds. The van der Waals surface area contributed by atoms with Crippen LogP contribution in [0.1, 0.15) is 29.4 Å². The lowest BCUT2D eigenvalue weighted by Crippen LogP contribution is -2.11. The summed E-state index contributed by atoms with van der Waals surface area (Å²) in [7, 11) is -2.97. The smallest absolute Gasteiger partial charge is 0.191 e. The lowest BCUT2D eigenvalue weighted by molar-refractivity contribution is 0.597. The first-order chi connectivity index (χ1) is 13.9. The van der Waals surface area contributed by atoms with Crippen LogP contribution in [0.5, 0.6) is 0 Å². The van der Waals surface area contributed by atoms with E-state index < -0.39 is 9.84 Å². The zero-order valence-corrected chi connectivity index (χ0v) is 18.6. The van der Waals surface area contributed by atoms with Crippen molar-refractivity contribution in [1.29, 1.82) is 0 Å². The minimum absolute atomic E-state index is 0.0887. The van der Waals surface area contributed by atoms with E-state index in [4.69, 9.17) is 4.98 Å². The highest BCUT2D eigenvalue weighted by Gasteiger charge is 2.33. The van der Waals surface area contributed by atoms with Crippen molar-refractivity contribution in [2.24, 2.45) is 0 Å². The second-order valence-corrected chi connectivity index (χ2v) is 11.2. The minimum atomic E-state index is -2.97. The number of sulfone groups is 1. The van der Waals surface area contributed by atoms with Gasteiger partial charge >= 0.3 is 0 Å². The van der Waals surface area contributed by atoms with Crippen molar-refractivity contribution in [3.63, 3.8) is 0 Å². The minimum Gasteiger partial charge on any atom is -0.302 e. The van der Waals surface area contributed by atoms with Crippen LogP contribution in [0.3, 0.4) is 0 Å². The largest absolute Gasteiger partial charge is 0.302 e. The Hall–Kier alpha value is -1.97. The van der Waals surface area contributed by atoms with E-state index in [2.05, 4.69) is 53.3 Å². The highest BCUT2D eigenvalue weighted by atomic mass is 32.2. The van der Waals surface area contributed by atoms with Crippen LogP contribution < -0.4 is 0 Å². The van der Waals surface area contributed by atoms with Crippen molar-refractivity contribution in [2.45, 2.75) is 36.7 Å². The summed E-state index contributed by atoms with van der Waals surface area (Å²) < 4.78 is 25.7. The second kappa shape index (κ2) is 8.41. The topological polar surface area (TPSA) is 77.7 Å². The Morgan fingerprint density at radius 3 is 2.79 bits per heavy atom. The SMILES string of the molecule is C=CCn1c(SCc2csc(-c3ccc(C)cc3)n2)nnc1[C@H]1CCS(=O)(=O)C1. The molecule has 29 heavy (non-hydrogen) atoms. The molecule has 1 aliphatic heterocycles. The number of rotatable bonds is 7. The summed E-state index contributed by atoms with van der Waals surface area (Å²) in [6.45, 7) is 6.45. The van der Waals surface area contributed by atoms with Crippen molar-refractivity contribution >= 4 is 32.9 Å². The fraction of sp³-hybridized carbons (Fsp3) is 0.350. The average Bonchev–Trinajstić information content (AvgIpc) is 3.40. The number of nitrogens with zero attached hydrogens (tertiary/aromatic N) is 4. The van der Waals surface area contributed by atoms with Gasteiger partial charge in [0.25, 0.3) is 0 Å². The zero-order chi connectivity index (χ0) is 20.4. The van der Waals surface area contributed by atoms with Crippen LogP contribution in [0.25, 0.3) is 10.6 Å². The lowest BCUT2D eigenvalue weighted by atomic mass is 10.1. The van der Waals surface area contributed by atoms with Crippen molar-refractivity contribution < 1.29 is 8.42 Å². The Labute approximate surface area is 179 Å². The van der Waals surface area contributed by atoms with Gasteiger partial charge in [0.2, 0.25) is 0 Å². The maximum Gasteiger partial charge on any atom is 0.191 e. The van der Waals surface area contributed by atoms with Gasteiger partial charge in [-0.05, 0) is 13.3 Å². The van der Waals surface area contributed by atoms with Crippen molar-refractivity contribution in [1.82, 2.24) is 19.7 Å². The molecule has 1 aromatic carbocycles. The highest BCUT2D eigenvalue weighted by Crippen LogP contribution is 2.32. The second-order valence-electron chi connectivity index (χ2n) is 7.14. The van der Waals surface area contributed by atoms with Crippen LogP contribution in [-0.2, 0) is 22.1 Å². The van der Waals surface area contributed by atoms with E-state index in [1.807, 2.05) is 4.57 Å². The fourth-order valence-electron chi connectivity index (χ4n) is 3.35. The molecule has 0 saturated carbocycles. The predicted octanol–water partition coefficient (Wildman–Crippen LogP) is 4.09. The van der Waals surface area contributed by atoms with E-state index >= 15 is 0 Å². The molecular weight excluding hydrogens is 424 g/mol. The van der Waals surface area contributed by atoms with E-state index in [1.54, 1.807) is 29.2 Å². The molecule has 1 saturated heterocycles. The van der Waals surface area contributed by atoms with Gasteiger partial charge in [-0.25, -0.2) is 13.4 Å². The number of hydrogen-bond acceptors (Lipinski definition) is 7. The van der Waals surface area contributed by atoms with Crippen molar-refractivity contribution in [2.75, 3.05) is 11.5 Å². The summed E-state index contributed by atoms with van der Waals surface area (Å²) in [6, 6.07) is 8.36. The molecule has 0 spiro atoms. The van der Waals surface area contributed by atoms with Crippen LogP contribution >= 0.6 is 23.1 Å². The number of benzene rings is 1. The first-order valence-corrected chi connectivity index (χ1v) is 13.0. The lowest BCUT2D eigenvalue weighted by Gasteiger charge is -2.10. The fourth-order valence-corrected chi connectivity index (χ4v) is 6.87. The van der Waals surface area contributed by atoms with Gasteiger partial charge in [0.05, 0.1) is 17.2 Å². The molecule has 0 bridgehead atoms. The van der Waals surface area contributed by atoms with Crippen molar-refractivity contribution in [3.8, 4) is 10.6 Å². The normalized spacial score (nSPS) is 18.2. The molecule has 0 radical (unpaired) electrons. The monoisotopic (exact) mass is 446 g/mol. The molecule has 3 heterocycles. The highest BCUT2D eigenvalue weighted by molar-refractivity contribution is 7.98. The van der Waals surface area contributed by atoms with Gasteiger partial charge in [-0.15, -0.1) is 28.1 Å². The molecule has 1 fully saturated rings. The van der Waals surface area contributed by atoms with E-state index in [0.29, 0.717) is 18.7 Å². The zero-order valence-electron chi connectivity index (χ0n) is 16.1. The maximum absolute atomic E-state index is 11.8. The summed E-state index contributed by atoms with van der Waals surface area (Å²) in [6.07, 6.45) is 2.40. The molecule has 0 unspecified atom stereocenters. The molecule has 9 heteroatoms. The summed E-state index contributed by atoms with van der Waals surface area (Å²) in [5.41, 5.74) is 3.35. The number of allylic oxidation sites excluding steroid dienone is 1. The van der Waals surface area contributed by atoms with Crippen molar-refractivity contribution in [3.05, 3.63) is 59.4 Å². The quantitative estimate of drug-likeness (QED) is 0.402. The Morgan fingerprint density at radius 1 is 1.31 bits per heavy atom. The first-order valence-electron chi connectivity index (χ1n) is 9.34. The predicted molar refractivity (Wildman–Crippen MR) is 118 cm³/mol. The molecule has 6 nitrogen and oxygen atoms in total. The Kier molecular flexibility index (Phi) is 5.89. The summed E-state index contributed by atoms with van der Waals surface area (Å²) in [5.74, 6) is 1.71. The van der Waals surface area contributed by atoms with Crippen LogP contribution in [0.15, 0.2) is 47.5 Å². The number of hydrogen-bond donors (Lipinski definition) is 0. The summed E-state index contributed by atoms with van der Waals surface area (Å²) in [4.78, 5) is 4.74. The maximum atomic E-state index is 11.8. The van der Waals surface area contributed by atoms with E-state index in [1.165, 1.54) is 5.56 Å². The Bertz CT molecular complexity index is 1120. The van der Waals surface area contributed by atoms with Crippen LogP contribution in [0.4, 0.5) is 0 Å². The van der Waals surface area contributed by atoms with Gasteiger partial charge in [-0.1, -0.05) is 47.7 Å². The molecular formula is C20H22N4O2S3. The number of aromatic nitrogens is 4. The molecule has 4 rings (SSSR count). The molecule has 1 atom stereocenters. The average molecular weight is 447 g/mol. The van der Waals surface area contributed by atoms with Gasteiger partial charge in [0.15, 0.2) is 15.0 Å². The first kappa shape index (κ1) is 20.3. The Morgan fingerprint density at radius 2 is 2.10 bits per heavy atom. The number of thiazole rings is 1. The van der Waals surface area contributed by atoms with Gasteiger partial charge in [-0.3, -0.25) is 0 Å². The van der Waals surface area contributed by atoms with Crippen LogP contribution in [-0.4, -0.2) is 39.7 Å². The molecule has 0 N–H and O–H groups in total. The van der Waals surface area contributed by atoms with Gasteiger partial charge in [0, 0.05) is 29.2 Å². The van der Waals surface area contributed by atoms with Gasteiger partial charge in [-0.2, -0.15) is 0 Å². The molecule has 2 aromatic heterocycles. The standard InChI is InChI=1S/C20H22N4O2S3/c1-3-9-24-18(16-8-10-29(25,26)13-16)22-23-20(24)28-12-17-11-27-19(21-17)15-6-4-14(2)5-7-15/h3-7,11,16H,1,8-10,12-13H2,2H3/t16-/m0/s1. The molecule has 152 valence electrons. The van der Waals surface area contributed by atoms with E-state index in [-0.39, 0.29) is 17.4 Å². The Balaban J connectivity index is 1.49. The molecule has 0 aliphatic carbocycles. The third-order valence-corrected chi connectivity index (χ3v) is 8.56. The summed E-state index contributed by atoms with van der Waals surface area (Å²) in [5, 5.41) is 12.5. The number of aryl methyl sites for hydroxylation is 1. The van der Waals surface area contributed by atoms with Crippen LogP contribution in [0, 0.1) is 6.92 Å². The van der Waals surface area contributed by atoms with E-state index in [9.17, 15) is 8.42 Å². The van der Waals surface area contributed by atoms with Gasteiger partial charge in [0.1, 0.15) is 10.8 Å². The third-order valence-electron chi connectivity index (χ3n) is 4.85. The van der Waals surface area contributed by atoms with E-state index in [0.717, 1.165) is 27.2 Å². The molecule has 3 aromatic rings. The van der Waals surface area contributed by atoms with Gasteiger partial charge < -0.3 is 4.57 Å². The molecule has 1 aliphatic rings.